The molecule has 33 heavy (non-hydrogen) atoms. The number of aromatic nitrogens is 1. The summed E-state index contributed by atoms with van der Waals surface area (Å²) < 4.78 is 20.9. The van der Waals surface area contributed by atoms with E-state index in [1.54, 1.807) is 6.08 Å². The van der Waals surface area contributed by atoms with E-state index < -0.39 is 11.7 Å². The van der Waals surface area contributed by atoms with E-state index in [-0.39, 0.29) is 16.8 Å². The lowest BCUT2D eigenvalue weighted by molar-refractivity contribution is -0.123. The van der Waals surface area contributed by atoms with Crippen LogP contribution < -0.4 is 4.74 Å². The average molecular weight is 485 g/mol. The highest BCUT2D eigenvalue weighted by molar-refractivity contribution is 8.18. The first kappa shape index (κ1) is 23.1. The number of aryl methyl sites for hydroxylation is 1. The van der Waals surface area contributed by atoms with Crippen molar-refractivity contribution in [2.75, 3.05) is 6.61 Å². The van der Waals surface area contributed by atoms with Crippen molar-refractivity contribution < 1.29 is 18.7 Å². The molecule has 0 aliphatic carbocycles. The number of amides is 2. The molecule has 2 heterocycles. The third-order valence-corrected chi connectivity index (χ3v) is 6.64. The van der Waals surface area contributed by atoms with Crippen molar-refractivity contribution in [2.24, 2.45) is 0 Å². The maximum absolute atomic E-state index is 13.3. The zero-order valence-corrected chi connectivity index (χ0v) is 20.0. The minimum Gasteiger partial charge on any atom is -0.494 e. The number of carbonyl (C=O) groups excluding carboxylic acids is 2. The topological polar surface area (TPSA) is 51.5 Å². The number of ether oxygens (including phenoxy) is 1. The summed E-state index contributed by atoms with van der Waals surface area (Å²) in [6, 6.07) is 13.7. The van der Waals surface area contributed by atoms with Crippen LogP contribution in [0.1, 0.15) is 29.4 Å². The summed E-state index contributed by atoms with van der Waals surface area (Å²) in [5.41, 5.74) is 4.29. The highest BCUT2D eigenvalue weighted by Gasteiger charge is 2.35. The molecule has 0 atom stereocenters. The Morgan fingerprint density at radius 2 is 1.82 bits per heavy atom. The molecule has 2 amide bonds. The van der Waals surface area contributed by atoms with Gasteiger partial charge in [0, 0.05) is 22.1 Å². The molecule has 0 saturated carbocycles. The zero-order chi connectivity index (χ0) is 23.7. The van der Waals surface area contributed by atoms with Gasteiger partial charge in [0.1, 0.15) is 11.6 Å². The van der Waals surface area contributed by atoms with Crippen LogP contribution in [0, 0.1) is 19.7 Å². The number of carbonyl (C=O) groups is 2. The SMILES string of the molecule is CCOc1ccc(-n2c(C)cc(/C=C3\SC(=O)N(Cc4ccc(F)cc4Cl)C3=O)c2C)cc1. The molecular formula is C25H22ClFN2O3S. The lowest BCUT2D eigenvalue weighted by atomic mass is 10.2. The summed E-state index contributed by atoms with van der Waals surface area (Å²) in [5, 5.41) is -0.205. The van der Waals surface area contributed by atoms with Crippen LogP contribution >= 0.6 is 23.4 Å². The number of imide groups is 1. The van der Waals surface area contributed by atoms with Crippen molar-refractivity contribution in [3.8, 4) is 11.4 Å². The summed E-state index contributed by atoms with van der Waals surface area (Å²) >= 11 is 6.96. The first-order chi connectivity index (χ1) is 15.8. The standard InChI is InChI=1S/C25H22ClFN2O3S/c1-4-32-21-9-7-20(8-10-21)29-15(2)11-18(16(29)3)12-23-24(30)28(25(31)33-23)14-17-5-6-19(27)13-22(17)26/h5-13H,4,14H2,1-3H3/b23-12-. The lowest BCUT2D eigenvalue weighted by Crippen LogP contribution is -2.27. The van der Waals surface area contributed by atoms with E-state index in [1.165, 1.54) is 18.2 Å². The van der Waals surface area contributed by atoms with Crippen LogP contribution in [0.25, 0.3) is 11.8 Å². The average Bonchev–Trinajstić information content (AvgIpc) is 3.20. The molecule has 1 fully saturated rings. The van der Waals surface area contributed by atoms with E-state index in [0.29, 0.717) is 17.1 Å². The number of nitrogens with zero attached hydrogens (tertiary/aromatic N) is 2. The first-order valence-electron chi connectivity index (χ1n) is 10.4. The van der Waals surface area contributed by atoms with Gasteiger partial charge in [0.05, 0.1) is 18.1 Å². The number of benzene rings is 2. The van der Waals surface area contributed by atoms with Crippen molar-refractivity contribution in [2.45, 2.75) is 27.3 Å². The van der Waals surface area contributed by atoms with Gasteiger partial charge in [-0.3, -0.25) is 14.5 Å². The summed E-state index contributed by atoms with van der Waals surface area (Å²) in [6.07, 6.45) is 1.74. The van der Waals surface area contributed by atoms with Gasteiger partial charge in [-0.05, 0) is 92.2 Å². The molecule has 1 saturated heterocycles. The van der Waals surface area contributed by atoms with Gasteiger partial charge in [0.2, 0.25) is 0 Å². The van der Waals surface area contributed by atoms with Crippen molar-refractivity contribution in [3.05, 3.63) is 86.8 Å². The molecule has 0 bridgehead atoms. The van der Waals surface area contributed by atoms with Gasteiger partial charge in [-0.25, -0.2) is 4.39 Å². The fourth-order valence-electron chi connectivity index (χ4n) is 3.79. The fourth-order valence-corrected chi connectivity index (χ4v) is 4.84. The summed E-state index contributed by atoms with van der Waals surface area (Å²) in [4.78, 5) is 26.9. The van der Waals surface area contributed by atoms with E-state index in [2.05, 4.69) is 4.57 Å². The Morgan fingerprint density at radius 1 is 1.09 bits per heavy atom. The van der Waals surface area contributed by atoms with Crippen LogP contribution in [0.15, 0.2) is 53.4 Å². The molecule has 170 valence electrons. The molecule has 8 heteroatoms. The first-order valence-corrected chi connectivity index (χ1v) is 11.6. The minimum absolute atomic E-state index is 0.00762. The molecule has 1 aromatic heterocycles. The second kappa shape index (κ2) is 9.45. The quantitative estimate of drug-likeness (QED) is 0.374. The number of halogens is 2. The maximum atomic E-state index is 13.3. The van der Waals surface area contributed by atoms with Gasteiger partial charge in [-0.15, -0.1) is 0 Å². The predicted molar refractivity (Wildman–Crippen MR) is 129 cm³/mol. The van der Waals surface area contributed by atoms with E-state index in [4.69, 9.17) is 16.3 Å². The van der Waals surface area contributed by atoms with Crippen molar-refractivity contribution in [3.63, 3.8) is 0 Å². The Morgan fingerprint density at radius 3 is 2.48 bits per heavy atom. The maximum Gasteiger partial charge on any atom is 0.293 e. The molecule has 0 spiro atoms. The van der Waals surface area contributed by atoms with Crippen molar-refractivity contribution in [1.82, 2.24) is 9.47 Å². The third kappa shape index (κ3) is 4.70. The van der Waals surface area contributed by atoms with Crippen LogP contribution in [-0.4, -0.2) is 27.2 Å². The molecule has 4 rings (SSSR count). The molecule has 2 aromatic carbocycles. The van der Waals surface area contributed by atoms with Crippen LogP contribution in [0.4, 0.5) is 9.18 Å². The number of hydrogen-bond donors (Lipinski definition) is 0. The highest BCUT2D eigenvalue weighted by Crippen LogP contribution is 2.35. The second-order valence-corrected chi connectivity index (χ2v) is 8.99. The van der Waals surface area contributed by atoms with Gasteiger partial charge in [-0.2, -0.15) is 0 Å². The summed E-state index contributed by atoms with van der Waals surface area (Å²) in [7, 11) is 0. The molecular weight excluding hydrogens is 463 g/mol. The largest absolute Gasteiger partial charge is 0.494 e. The van der Waals surface area contributed by atoms with Crippen LogP contribution in [0.2, 0.25) is 5.02 Å². The molecule has 1 aliphatic heterocycles. The minimum atomic E-state index is -0.472. The summed E-state index contributed by atoms with van der Waals surface area (Å²) in [5.74, 6) is -0.0594. The third-order valence-electron chi connectivity index (χ3n) is 5.38. The van der Waals surface area contributed by atoms with Crippen molar-refractivity contribution in [1.29, 1.82) is 0 Å². The number of thioether (sulfide) groups is 1. The van der Waals surface area contributed by atoms with E-state index in [0.717, 1.165) is 45.1 Å². The number of rotatable bonds is 6. The zero-order valence-electron chi connectivity index (χ0n) is 18.4. The Bertz CT molecular complexity index is 1270. The van der Waals surface area contributed by atoms with Gasteiger partial charge >= 0.3 is 0 Å². The normalized spacial score (nSPS) is 15.1. The monoisotopic (exact) mass is 484 g/mol. The predicted octanol–water partition coefficient (Wildman–Crippen LogP) is 6.52. The fraction of sp³-hybridized carbons (Fsp3) is 0.200. The van der Waals surface area contributed by atoms with Crippen LogP contribution in [0.3, 0.4) is 0 Å². The Kier molecular flexibility index (Phi) is 6.63. The lowest BCUT2D eigenvalue weighted by Gasteiger charge is -2.13. The smallest absolute Gasteiger partial charge is 0.293 e. The Hall–Kier alpha value is -3.03. The van der Waals surface area contributed by atoms with Crippen LogP contribution in [0.5, 0.6) is 5.75 Å². The van der Waals surface area contributed by atoms with E-state index >= 15 is 0 Å². The Balaban J connectivity index is 1.60. The number of hydrogen-bond acceptors (Lipinski definition) is 4. The van der Waals surface area contributed by atoms with Gasteiger partial charge in [-0.1, -0.05) is 17.7 Å². The van der Waals surface area contributed by atoms with Crippen molar-refractivity contribution >= 4 is 40.6 Å². The van der Waals surface area contributed by atoms with Gasteiger partial charge in [0.15, 0.2) is 0 Å². The van der Waals surface area contributed by atoms with Crippen LogP contribution in [-0.2, 0) is 11.3 Å². The molecule has 0 radical (unpaired) electrons. The second-order valence-electron chi connectivity index (χ2n) is 7.59. The summed E-state index contributed by atoms with van der Waals surface area (Å²) in [6.45, 7) is 6.50. The molecule has 0 unspecified atom stereocenters. The van der Waals surface area contributed by atoms with Gasteiger partial charge in [0.25, 0.3) is 11.1 Å². The molecule has 0 N–H and O–H groups in total. The molecule has 5 nitrogen and oxygen atoms in total. The van der Waals surface area contributed by atoms with Gasteiger partial charge < -0.3 is 9.30 Å². The molecule has 3 aromatic rings. The van der Waals surface area contributed by atoms with E-state index in [9.17, 15) is 14.0 Å². The Labute approximate surface area is 200 Å². The van der Waals surface area contributed by atoms with E-state index in [1.807, 2.05) is 51.1 Å². The molecule has 1 aliphatic rings. The highest BCUT2D eigenvalue weighted by atomic mass is 35.5.